The number of nitrogens with zero attached hydrogens (tertiary/aromatic N) is 3. The molecule has 3 aliphatic rings. The highest BCUT2D eigenvalue weighted by molar-refractivity contribution is 6.05. The van der Waals surface area contributed by atoms with Gasteiger partial charge >= 0.3 is 0 Å². The number of imide groups is 1. The van der Waals surface area contributed by atoms with Gasteiger partial charge in [-0.15, -0.1) is 0 Å². The molecule has 3 amide bonds. The molecule has 4 rings (SSSR count). The number of nitrogens with one attached hydrogen (secondary N) is 2. The maximum absolute atomic E-state index is 12.8. The summed E-state index contributed by atoms with van der Waals surface area (Å²) in [4.78, 5) is 44.4. The second-order valence-corrected chi connectivity index (χ2v) is 6.30. The Morgan fingerprint density at radius 3 is 2.71 bits per heavy atom. The van der Waals surface area contributed by atoms with Gasteiger partial charge in [0.15, 0.2) is 0 Å². The number of fused-ring (bicyclic) bond motifs is 1. The summed E-state index contributed by atoms with van der Waals surface area (Å²) in [6.07, 6.45) is 2.29. The fraction of sp³-hybridized carbons (Fsp3) is 0.500. The number of aromatic nitrogens is 1. The van der Waals surface area contributed by atoms with E-state index in [1.807, 2.05) is 0 Å². The summed E-state index contributed by atoms with van der Waals surface area (Å²) in [5.41, 5.74) is 1.50. The molecular formula is C16H19N5O3. The van der Waals surface area contributed by atoms with Gasteiger partial charge in [0.2, 0.25) is 11.8 Å². The normalized spacial score (nSPS) is 24.2. The lowest BCUT2D eigenvalue weighted by molar-refractivity contribution is -0.136. The molecule has 0 spiro atoms. The fourth-order valence-electron chi connectivity index (χ4n) is 3.61. The van der Waals surface area contributed by atoms with Crippen molar-refractivity contribution in [3.8, 4) is 0 Å². The molecule has 1 aromatic rings. The molecule has 3 aliphatic heterocycles. The topological polar surface area (TPSA) is 94.6 Å². The average Bonchev–Trinajstić information content (AvgIpc) is 2.93. The smallest absolute Gasteiger partial charge is 0.255 e. The third-order valence-electron chi connectivity index (χ3n) is 4.86. The van der Waals surface area contributed by atoms with E-state index in [1.54, 1.807) is 17.2 Å². The van der Waals surface area contributed by atoms with Crippen LogP contribution in [0.15, 0.2) is 12.3 Å². The van der Waals surface area contributed by atoms with Gasteiger partial charge < -0.3 is 15.1 Å². The van der Waals surface area contributed by atoms with E-state index in [2.05, 4.69) is 20.5 Å². The summed E-state index contributed by atoms with van der Waals surface area (Å²) < 4.78 is 0. The van der Waals surface area contributed by atoms with Gasteiger partial charge in [0.05, 0.1) is 6.54 Å². The Bertz CT molecular complexity index is 714. The standard InChI is InChI=1S/C16H19N5O3/c22-13-2-1-12(15(23)19-13)21-9-11-10(16(21)24)3-4-18-14(11)20-7-5-17-6-8-20/h3-4,12,17H,1-2,5-9H2,(H,19,22,23). The van der Waals surface area contributed by atoms with Crippen molar-refractivity contribution in [2.24, 2.45) is 0 Å². The van der Waals surface area contributed by atoms with Crippen LogP contribution in [0.1, 0.15) is 28.8 Å². The Morgan fingerprint density at radius 2 is 1.96 bits per heavy atom. The van der Waals surface area contributed by atoms with Gasteiger partial charge in [-0.05, 0) is 12.5 Å². The van der Waals surface area contributed by atoms with Crippen LogP contribution in [0, 0.1) is 0 Å². The maximum Gasteiger partial charge on any atom is 0.255 e. The molecule has 1 atom stereocenters. The Morgan fingerprint density at radius 1 is 1.17 bits per heavy atom. The highest BCUT2D eigenvalue weighted by atomic mass is 16.2. The molecule has 1 aromatic heterocycles. The van der Waals surface area contributed by atoms with E-state index in [-0.39, 0.29) is 24.1 Å². The Labute approximate surface area is 139 Å². The summed E-state index contributed by atoms with van der Waals surface area (Å²) in [5, 5.41) is 5.63. The second-order valence-electron chi connectivity index (χ2n) is 6.30. The zero-order valence-electron chi connectivity index (χ0n) is 13.2. The number of pyridine rings is 1. The molecular weight excluding hydrogens is 310 g/mol. The van der Waals surface area contributed by atoms with E-state index in [4.69, 9.17) is 0 Å². The van der Waals surface area contributed by atoms with Crippen molar-refractivity contribution in [2.45, 2.75) is 25.4 Å². The van der Waals surface area contributed by atoms with Crippen molar-refractivity contribution in [1.82, 2.24) is 20.5 Å². The van der Waals surface area contributed by atoms with E-state index in [1.165, 1.54) is 0 Å². The van der Waals surface area contributed by atoms with Gasteiger partial charge in [0.1, 0.15) is 11.9 Å². The van der Waals surface area contributed by atoms with Crippen molar-refractivity contribution in [3.63, 3.8) is 0 Å². The molecule has 2 fully saturated rings. The first-order valence-electron chi connectivity index (χ1n) is 8.23. The molecule has 2 N–H and O–H groups in total. The third kappa shape index (κ3) is 2.43. The largest absolute Gasteiger partial charge is 0.354 e. The van der Waals surface area contributed by atoms with E-state index in [9.17, 15) is 14.4 Å². The first-order valence-corrected chi connectivity index (χ1v) is 8.23. The summed E-state index contributed by atoms with van der Waals surface area (Å²) in [5.74, 6) is 0.0168. The minimum absolute atomic E-state index is 0.154. The zero-order chi connectivity index (χ0) is 16.7. The molecule has 0 aromatic carbocycles. The quantitative estimate of drug-likeness (QED) is 0.694. The maximum atomic E-state index is 12.8. The molecule has 24 heavy (non-hydrogen) atoms. The first kappa shape index (κ1) is 15.1. The molecule has 8 heteroatoms. The SMILES string of the molecule is O=C1CCC(N2Cc3c(ccnc3N3CCNCC3)C2=O)C(=O)N1. The first-order chi connectivity index (χ1) is 11.6. The molecule has 0 bridgehead atoms. The van der Waals surface area contributed by atoms with Gasteiger partial charge in [-0.2, -0.15) is 0 Å². The Hall–Kier alpha value is -2.48. The van der Waals surface area contributed by atoms with E-state index >= 15 is 0 Å². The Balaban J connectivity index is 1.62. The number of anilines is 1. The van der Waals surface area contributed by atoms with E-state index in [0.29, 0.717) is 18.5 Å². The highest BCUT2D eigenvalue weighted by Crippen LogP contribution is 2.32. The summed E-state index contributed by atoms with van der Waals surface area (Å²) in [6.45, 7) is 3.83. The number of piperidine rings is 1. The van der Waals surface area contributed by atoms with Gasteiger partial charge in [-0.3, -0.25) is 19.7 Å². The highest BCUT2D eigenvalue weighted by Gasteiger charge is 2.40. The van der Waals surface area contributed by atoms with Crippen LogP contribution >= 0.6 is 0 Å². The number of rotatable bonds is 2. The zero-order valence-corrected chi connectivity index (χ0v) is 13.2. The Kier molecular flexibility index (Phi) is 3.68. The van der Waals surface area contributed by atoms with Crippen molar-refractivity contribution in [3.05, 3.63) is 23.4 Å². The fourth-order valence-corrected chi connectivity index (χ4v) is 3.61. The minimum atomic E-state index is -0.585. The summed E-state index contributed by atoms with van der Waals surface area (Å²) >= 11 is 0. The van der Waals surface area contributed by atoms with E-state index in [0.717, 1.165) is 37.6 Å². The lowest BCUT2D eigenvalue weighted by Gasteiger charge is -2.31. The van der Waals surface area contributed by atoms with Crippen LogP contribution in [0.5, 0.6) is 0 Å². The second kappa shape index (κ2) is 5.86. The molecule has 2 saturated heterocycles. The monoisotopic (exact) mass is 329 g/mol. The van der Waals surface area contributed by atoms with Crippen LogP contribution in [0.2, 0.25) is 0 Å². The summed E-state index contributed by atoms with van der Waals surface area (Å²) in [7, 11) is 0. The molecule has 1 unspecified atom stereocenters. The average molecular weight is 329 g/mol. The van der Waals surface area contributed by atoms with Crippen molar-refractivity contribution < 1.29 is 14.4 Å². The molecule has 126 valence electrons. The van der Waals surface area contributed by atoms with Gasteiger partial charge in [-0.25, -0.2) is 4.98 Å². The number of hydrogen-bond donors (Lipinski definition) is 2. The van der Waals surface area contributed by atoms with Crippen LogP contribution in [0.3, 0.4) is 0 Å². The minimum Gasteiger partial charge on any atom is -0.354 e. The summed E-state index contributed by atoms with van der Waals surface area (Å²) in [6, 6.07) is 1.13. The molecule has 8 nitrogen and oxygen atoms in total. The number of carbonyl (C=O) groups is 3. The third-order valence-corrected chi connectivity index (χ3v) is 4.86. The van der Waals surface area contributed by atoms with Crippen LogP contribution in [0.25, 0.3) is 0 Å². The molecule has 4 heterocycles. The van der Waals surface area contributed by atoms with E-state index < -0.39 is 6.04 Å². The van der Waals surface area contributed by atoms with Crippen molar-refractivity contribution >= 4 is 23.5 Å². The molecule has 0 saturated carbocycles. The van der Waals surface area contributed by atoms with Crippen LogP contribution in [-0.2, 0) is 16.1 Å². The predicted octanol–water partition coefficient (Wildman–Crippen LogP) is -0.748. The lowest BCUT2D eigenvalue weighted by atomic mass is 10.0. The van der Waals surface area contributed by atoms with Crippen LogP contribution < -0.4 is 15.5 Å². The van der Waals surface area contributed by atoms with Gasteiger partial charge in [0.25, 0.3) is 5.91 Å². The number of piperazine rings is 1. The molecule has 0 radical (unpaired) electrons. The number of hydrogen-bond acceptors (Lipinski definition) is 6. The predicted molar refractivity (Wildman–Crippen MR) is 85.4 cm³/mol. The van der Waals surface area contributed by atoms with Gasteiger partial charge in [0, 0.05) is 49.9 Å². The van der Waals surface area contributed by atoms with Crippen molar-refractivity contribution in [2.75, 3.05) is 31.1 Å². The number of amides is 3. The van der Waals surface area contributed by atoms with Gasteiger partial charge in [-0.1, -0.05) is 0 Å². The molecule has 0 aliphatic carbocycles. The van der Waals surface area contributed by atoms with Crippen molar-refractivity contribution in [1.29, 1.82) is 0 Å². The number of carbonyl (C=O) groups excluding carboxylic acids is 3. The lowest BCUT2D eigenvalue weighted by Crippen LogP contribution is -2.52. The van der Waals surface area contributed by atoms with Crippen LogP contribution in [0.4, 0.5) is 5.82 Å². The van der Waals surface area contributed by atoms with Crippen LogP contribution in [-0.4, -0.2) is 59.8 Å².